The van der Waals surface area contributed by atoms with E-state index in [1.165, 1.54) is 36.4 Å². The van der Waals surface area contributed by atoms with Gasteiger partial charge in [-0.1, -0.05) is 70.7 Å². The summed E-state index contributed by atoms with van der Waals surface area (Å²) in [5.74, 6) is -2.78. The lowest BCUT2D eigenvalue weighted by molar-refractivity contribution is -0.459. The van der Waals surface area contributed by atoms with Gasteiger partial charge in [-0.2, -0.15) is 0 Å². The van der Waals surface area contributed by atoms with E-state index in [1.807, 2.05) is 0 Å². The third kappa shape index (κ3) is 2.38. The zero-order chi connectivity index (χ0) is 22.2. The Hall–Kier alpha value is -0.640. The lowest BCUT2D eigenvalue weighted by atomic mass is 9.30. The maximum Gasteiger partial charge on any atom is 0.138 e. The Morgan fingerprint density at radius 2 is 1.37 bits per heavy atom. The minimum Gasteiger partial charge on any atom is -0.394 e. The Bertz CT molecular complexity index is 1020. The van der Waals surface area contributed by atoms with Crippen LogP contribution in [0.1, 0.15) is 23.0 Å². The first-order valence-electron chi connectivity index (χ1n) is 9.01. The van der Waals surface area contributed by atoms with Crippen LogP contribution in [0.15, 0.2) is 36.4 Å². The van der Waals surface area contributed by atoms with Crippen LogP contribution >= 0.6 is 46.4 Å². The minimum atomic E-state index is -2.50. The molecule has 30 heavy (non-hydrogen) atoms. The van der Waals surface area contributed by atoms with E-state index in [0.29, 0.717) is 0 Å². The number of aliphatic hydroxyl groups excluding tert-OH is 3. The highest BCUT2D eigenvalue weighted by Gasteiger charge is 2.94. The second kappa shape index (κ2) is 7.18. The predicted molar refractivity (Wildman–Crippen MR) is 112 cm³/mol. The molecule has 0 heterocycles. The molecule has 0 saturated heterocycles. The maximum absolute atomic E-state index is 11.5. The average molecular weight is 496 g/mol. The fourth-order valence-corrected chi connectivity index (χ4v) is 6.10. The molecule has 2 fully saturated rings. The molecule has 6 N–H and O–H groups in total. The molecule has 4 rings (SSSR count). The molecule has 10 heteroatoms. The predicted octanol–water partition coefficient (Wildman–Crippen LogP) is 2.10. The van der Waals surface area contributed by atoms with Crippen molar-refractivity contribution in [2.24, 2.45) is 0 Å². The second-order valence-electron chi connectivity index (χ2n) is 7.76. The molecule has 2 aliphatic carbocycles. The van der Waals surface area contributed by atoms with Crippen LogP contribution in [0.2, 0.25) is 20.1 Å². The van der Waals surface area contributed by atoms with Gasteiger partial charge in [-0.05, 0) is 23.3 Å². The van der Waals surface area contributed by atoms with E-state index in [4.69, 9.17) is 46.4 Å². The number of fused-ring (bicyclic) bond motifs is 1. The highest BCUT2D eigenvalue weighted by atomic mass is 35.5. The summed E-state index contributed by atoms with van der Waals surface area (Å²) in [6.07, 6.45) is -3.50. The molecule has 7 atom stereocenters. The Morgan fingerprint density at radius 3 is 1.90 bits per heavy atom. The second-order valence-corrected chi connectivity index (χ2v) is 9.33. The van der Waals surface area contributed by atoms with Crippen molar-refractivity contribution in [3.05, 3.63) is 67.6 Å². The van der Waals surface area contributed by atoms with Crippen LogP contribution in [0.25, 0.3) is 0 Å². The van der Waals surface area contributed by atoms with Gasteiger partial charge < -0.3 is 30.6 Å². The molecule has 162 valence electrons. The zero-order valence-corrected chi connectivity index (χ0v) is 18.2. The summed E-state index contributed by atoms with van der Waals surface area (Å²) >= 11 is 24.6. The molecule has 0 bridgehead atoms. The van der Waals surface area contributed by atoms with Crippen molar-refractivity contribution in [2.45, 2.75) is 40.8 Å². The van der Waals surface area contributed by atoms with Crippen molar-refractivity contribution in [3.8, 4) is 0 Å². The number of halogens is 4. The SMILES string of the molecule is OC[C@@H](O)[C@]1(O)C(c2cccc(Cl)c2Cl)[C@]2(O)C(O)C(c3cccc(Cl)c3Cl)[C@@]21O. The van der Waals surface area contributed by atoms with Crippen LogP contribution in [0.4, 0.5) is 0 Å². The van der Waals surface area contributed by atoms with Crippen molar-refractivity contribution in [1.82, 2.24) is 0 Å². The van der Waals surface area contributed by atoms with E-state index in [0.717, 1.165) is 0 Å². The van der Waals surface area contributed by atoms with Crippen molar-refractivity contribution in [2.75, 3.05) is 6.61 Å². The Labute approximate surface area is 191 Å². The lowest BCUT2D eigenvalue weighted by Crippen LogP contribution is -2.99. The van der Waals surface area contributed by atoms with Crippen molar-refractivity contribution < 1.29 is 30.6 Å². The molecule has 3 unspecified atom stereocenters. The van der Waals surface area contributed by atoms with Crippen LogP contribution in [0, 0.1) is 0 Å². The normalized spacial score (nSPS) is 38.4. The molecule has 2 saturated carbocycles. The van der Waals surface area contributed by atoms with Crippen LogP contribution in [0.3, 0.4) is 0 Å². The van der Waals surface area contributed by atoms with Crippen molar-refractivity contribution in [3.63, 3.8) is 0 Å². The summed E-state index contributed by atoms with van der Waals surface area (Å²) in [6, 6.07) is 8.94. The molecule has 2 aliphatic rings. The first-order chi connectivity index (χ1) is 14.0. The molecule has 6 nitrogen and oxygen atoms in total. The van der Waals surface area contributed by atoms with Gasteiger partial charge in [-0.3, -0.25) is 0 Å². The monoisotopic (exact) mass is 494 g/mol. The summed E-state index contributed by atoms with van der Waals surface area (Å²) in [5.41, 5.74) is -7.03. The fourth-order valence-electron chi connectivity index (χ4n) is 5.26. The quantitative estimate of drug-likeness (QED) is 0.386. The van der Waals surface area contributed by atoms with Gasteiger partial charge in [0.05, 0.1) is 38.7 Å². The van der Waals surface area contributed by atoms with Crippen molar-refractivity contribution >= 4 is 46.4 Å². The summed E-state index contributed by atoms with van der Waals surface area (Å²) < 4.78 is 0. The first-order valence-corrected chi connectivity index (χ1v) is 10.5. The smallest absolute Gasteiger partial charge is 0.138 e. The lowest BCUT2D eigenvalue weighted by Gasteiger charge is -2.80. The van der Waals surface area contributed by atoms with E-state index in [2.05, 4.69) is 0 Å². The topological polar surface area (TPSA) is 121 Å². The molecule has 0 spiro atoms. The molecule has 0 amide bonds. The highest BCUT2D eigenvalue weighted by molar-refractivity contribution is 6.43. The Kier molecular flexibility index (Phi) is 5.40. The van der Waals surface area contributed by atoms with Gasteiger partial charge >= 0.3 is 0 Å². The summed E-state index contributed by atoms with van der Waals surface area (Å²) in [4.78, 5) is 0. The molecule has 0 aliphatic heterocycles. The third-order valence-corrected chi connectivity index (χ3v) is 8.28. The van der Waals surface area contributed by atoms with Crippen LogP contribution in [-0.4, -0.2) is 66.3 Å². The molecule has 2 aromatic carbocycles. The standard InChI is InChI=1S/C20H18Cl4O6/c21-10-5-1-3-8(14(10)23)13-17(27)19(29)16(9-4-2-6-11(22)15(9)24)18(28,12(26)7-25)20(13,19)30/h1-6,12-13,16-17,25-30H,7H2/t12-,13?,16?,17?,18+,19+,20+/m1/s1. The molecule has 2 aromatic rings. The van der Waals surface area contributed by atoms with E-state index in [9.17, 15) is 30.6 Å². The average Bonchev–Trinajstić information content (AvgIpc) is 2.72. The summed E-state index contributed by atoms with van der Waals surface area (Å²) in [7, 11) is 0. The van der Waals surface area contributed by atoms with Gasteiger partial charge in [0.1, 0.15) is 22.9 Å². The minimum absolute atomic E-state index is 0.0174. The summed E-state index contributed by atoms with van der Waals surface area (Å²) in [6.45, 7) is -0.935. The number of rotatable bonds is 4. The van der Waals surface area contributed by atoms with Crippen LogP contribution in [0.5, 0.6) is 0 Å². The Morgan fingerprint density at radius 1 is 0.867 bits per heavy atom. The molecular formula is C20H18Cl4O6. The van der Waals surface area contributed by atoms with Gasteiger partial charge in [-0.25, -0.2) is 0 Å². The van der Waals surface area contributed by atoms with Gasteiger partial charge in [0.15, 0.2) is 0 Å². The maximum atomic E-state index is 11.5. The van der Waals surface area contributed by atoms with E-state index < -0.39 is 47.5 Å². The number of hydrogen-bond acceptors (Lipinski definition) is 6. The largest absolute Gasteiger partial charge is 0.394 e. The van der Waals surface area contributed by atoms with Crippen LogP contribution < -0.4 is 0 Å². The zero-order valence-electron chi connectivity index (χ0n) is 15.2. The molecular weight excluding hydrogens is 478 g/mol. The van der Waals surface area contributed by atoms with Gasteiger partial charge in [0.25, 0.3) is 0 Å². The van der Waals surface area contributed by atoms with E-state index in [-0.39, 0.29) is 31.2 Å². The molecule has 0 radical (unpaired) electrons. The highest BCUT2D eigenvalue weighted by Crippen LogP contribution is 2.76. The number of aliphatic hydroxyl groups is 6. The van der Waals surface area contributed by atoms with Crippen LogP contribution in [-0.2, 0) is 0 Å². The first kappa shape index (κ1) is 22.6. The fraction of sp³-hybridized carbons (Fsp3) is 0.400. The van der Waals surface area contributed by atoms with Gasteiger partial charge in [-0.15, -0.1) is 0 Å². The van der Waals surface area contributed by atoms with E-state index in [1.54, 1.807) is 0 Å². The Balaban J connectivity index is 1.92. The number of hydrogen-bond donors (Lipinski definition) is 6. The summed E-state index contributed by atoms with van der Waals surface area (Å²) in [5, 5.41) is 65.7. The number of benzene rings is 2. The van der Waals surface area contributed by atoms with Gasteiger partial charge in [0.2, 0.25) is 0 Å². The van der Waals surface area contributed by atoms with Gasteiger partial charge in [0, 0.05) is 5.92 Å². The third-order valence-electron chi connectivity index (χ3n) is 6.61. The molecule has 0 aromatic heterocycles. The van der Waals surface area contributed by atoms with Crippen molar-refractivity contribution in [1.29, 1.82) is 0 Å². The van der Waals surface area contributed by atoms with E-state index >= 15 is 0 Å².